The van der Waals surface area contributed by atoms with Gasteiger partial charge in [-0.25, -0.2) is 4.79 Å². The predicted molar refractivity (Wildman–Crippen MR) is 88.5 cm³/mol. The molecule has 0 bridgehead atoms. The molecular weight excluding hydrogens is 310 g/mol. The Kier molecular flexibility index (Phi) is 5.18. The van der Waals surface area contributed by atoms with Crippen molar-refractivity contribution < 1.29 is 23.5 Å². The molecule has 0 radical (unpaired) electrons. The van der Waals surface area contributed by atoms with E-state index in [2.05, 4.69) is 5.32 Å². The fraction of sp³-hybridized carbons (Fsp3) is 0.278. The number of furan rings is 1. The first kappa shape index (κ1) is 17.5. The Bertz CT molecular complexity index is 804. The van der Waals surface area contributed by atoms with Crippen LogP contribution < -0.4 is 5.32 Å². The molecule has 126 valence electrons. The number of anilines is 1. The second kappa shape index (κ2) is 7.12. The summed E-state index contributed by atoms with van der Waals surface area (Å²) in [6, 6.07) is 7.02. The first-order valence-corrected chi connectivity index (χ1v) is 7.55. The molecule has 2 aromatic rings. The van der Waals surface area contributed by atoms with Crippen LogP contribution in [0.1, 0.15) is 56.2 Å². The zero-order valence-corrected chi connectivity index (χ0v) is 14.1. The van der Waals surface area contributed by atoms with Gasteiger partial charge >= 0.3 is 5.97 Å². The van der Waals surface area contributed by atoms with E-state index >= 15 is 0 Å². The minimum atomic E-state index is -0.709. The molecular formula is C18H19NO5. The van der Waals surface area contributed by atoms with E-state index in [0.717, 1.165) is 5.56 Å². The number of rotatable bonds is 5. The van der Waals surface area contributed by atoms with Gasteiger partial charge in [-0.2, -0.15) is 0 Å². The molecule has 0 atom stereocenters. The summed E-state index contributed by atoms with van der Waals surface area (Å²) in [5.41, 5.74) is 1.30. The molecule has 0 fully saturated rings. The lowest BCUT2D eigenvalue weighted by atomic mass is 10.1. The van der Waals surface area contributed by atoms with Gasteiger partial charge in [0.2, 0.25) is 5.88 Å². The highest BCUT2D eigenvalue weighted by atomic mass is 16.5. The van der Waals surface area contributed by atoms with Crippen molar-refractivity contribution in [2.75, 3.05) is 11.9 Å². The van der Waals surface area contributed by atoms with Crippen LogP contribution >= 0.6 is 0 Å². The van der Waals surface area contributed by atoms with Gasteiger partial charge in [-0.3, -0.25) is 14.9 Å². The standard InChI is InChI=1S/C18H19NO5/c1-5-23-18(22)15-14(11(3)20)12(4)24-17(15)19-16(21)13-9-7-6-8-10(13)2/h6-9H,5H2,1-4H3,(H,19,21). The number of carbonyl (C=O) groups is 3. The number of hydrogen-bond donors (Lipinski definition) is 1. The zero-order valence-electron chi connectivity index (χ0n) is 14.1. The first-order valence-electron chi connectivity index (χ1n) is 7.55. The van der Waals surface area contributed by atoms with E-state index in [0.29, 0.717) is 5.56 Å². The average molecular weight is 329 g/mol. The molecule has 0 aliphatic rings. The lowest BCUT2D eigenvalue weighted by Crippen LogP contribution is -2.17. The Balaban J connectivity index is 2.45. The summed E-state index contributed by atoms with van der Waals surface area (Å²) in [6.07, 6.45) is 0. The number of esters is 1. The largest absolute Gasteiger partial charge is 0.462 e. The highest BCUT2D eigenvalue weighted by Crippen LogP contribution is 2.29. The summed E-state index contributed by atoms with van der Waals surface area (Å²) >= 11 is 0. The molecule has 6 heteroatoms. The van der Waals surface area contributed by atoms with E-state index in [9.17, 15) is 14.4 Å². The molecule has 0 aliphatic carbocycles. The van der Waals surface area contributed by atoms with E-state index in [1.165, 1.54) is 6.92 Å². The number of benzene rings is 1. The SMILES string of the molecule is CCOC(=O)c1c(NC(=O)c2ccccc2C)oc(C)c1C(C)=O. The summed E-state index contributed by atoms with van der Waals surface area (Å²) in [5.74, 6) is -1.30. The fourth-order valence-corrected chi connectivity index (χ4v) is 2.45. The smallest absolute Gasteiger partial charge is 0.344 e. The van der Waals surface area contributed by atoms with Crippen LogP contribution in [0.15, 0.2) is 28.7 Å². The summed E-state index contributed by atoms with van der Waals surface area (Å²) in [7, 11) is 0. The van der Waals surface area contributed by atoms with E-state index in [4.69, 9.17) is 9.15 Å². The number of amides is 1. The topological polar surface area (TPSA) is 85.6 Å². The van der Waals surface area contributed by atoms with Crippen LogP contribution in [-0.4, -0.2) is 24.3 Å². The number of hydrogen-bond acceptors (Lipinski definition) is 5. The number of carbonyl (C=O) groups excluding carboxylic acids is 3. The van der Waals surface area contributed by atoms with Gasteiger partial charge in [0.05, 0.1) is 12.2 Å². The van der Waals surface area contributed by atoms with Gasteiger partial charge in [-0.1, -0.05) is 18.2 Å². The maximum absolute atomic E-state index is 12.4. The maximum Gasteiger partial charge on any atom is 0.344 e. The van der Waals surface area contributed by atoms with E-state index in [-0.39, 0.29) is 35.2 Å². The van der Waals surface area contributed by atoms with Crippen LogP contribution in [0.4, 0.5) is 5.88 Å². The van der Waals surface area contributed by atoms with Gasteiger partial charge in [-0.05, 0) is 39.3 Å². The summed E-state index contributed by atoms with van der Waals surface area (Å²) < 4.78 is 10.4. The molecule has 1 aromatic heterocycles. The Morgan fingerprint density at radius 1 is 1.12 bits per heavy atom. The van der Waals surface area contributed by atoms with Crippen LogP contribution in [0, 0.1) is 13.8 Å². The number of nitrogens with one attached hydrogen (secondary N) is 1. The first-order chi connectivity index (χ1) is 11.4. The lowest BCUT2D eigenvalue weighted by molar-refractivity contribution is 0.0524. The van der Waals surface area contributed by atoms with Crippen molar-refractivity contribution >= 4 is 23.5 Å². The quantitative estimate of drug-likeness (QED) is 0.670. The van der Waals surface area contributed by atoms with Gasteiger partial charge < -0.3 is 9.15 Å². The van der Waals surface area contributed by atoms with Crippen molar-refractivity contribution in [1.82, 2.24) is 0 Å². The predicted octanol–water partition coefficient (Wildman–Crippen LogP) is 3.53. The number of ether oxygens (including phenoxy) is 1. The van der Waals surface area contributed by atoms with Crippen LogP contribution in [0.2, 0.25) is 0 Å². The molecule has 1 aromatic carbocycles. The van der Waals surface area contributed by atoms with Gasteiger partial charge in [0.25, 0.3) is 5.91 Å². The highest BCUT2D eigenvalue weighted by Gasteiger charge is 2.29. The molecule has 1 amide bonds. The van der Waals surface area contributed by atoms with Gasteiger partial charge in [-0.15, -0.1) is 0 Å². The molecule has 0 aliphatic heterocycles. The van der Waals surface area contributed by atoms with Gasteiger partial charge in [0.1, 0.15) is 11.3 Å². The number of aryl methyl sites for hydroxylation is 2. The van der Waals surface area contributed by atoms with Crippen molar-refractivity contribution in [3.8, 4) is 0 Å². The minimum Gasteiger partial charge on any atom is -0.462 e. The summed E-state index contributed by atoms with van der Waals surface area (Å²) in [5, 5.41) is 2.56. The Morgan fingerprint density at radius 3 is 2.38 bits per heavy atom. The van der Waals surface area contributed by atoms with E-state index < -0.39 is 11.9 Å². The molecule has 1 N–H and O–H groups in total. The fourth-order valence-electron chi connectivity index (χ4n) is 2.45. The third kappa shape index (κ3) is 3.37. The van der Waals surface area contributed by atoms with Crippen molar-refractivity contribution in [3.05, 3.63) is 52.3 Å². The van der Waals surface area contributed by atoms with Gasteiger partial charge in [0, 0.05) is 5.56 Å². The monoisotopic (exact) mass is 329 g/mol. The van der Waals surface area contributed by atoms with E-state index in [1.54, 1.807) is 39.0 Å². The third-order valence-electron chi connectivity index (χ3n) is 3.53. The average Bonchev–Trinajstić information content (AvgIpc) is 2.84. The lowest BCUT2D eigenvalue weighted by Gasteiger charge is -2.07. The molecule has 6 nitrogen and oxygen atoms in total. The van der Waals surface area contributed by atoms with Crippen molar-refractivity contribution in [2.24, 2.45) is 0 Å². The second-order valence-corrected chi connectivity index (χ2v) is 5.28. The molecule has 2 rings (SSSR count). The van der Waals surface area contributed by atoms with Crippen molar-refractivity contribution in [3.63, 3.8) is 0 Å². The molecule has 0 unspecified atom stereocenters. The molecule has 0 saturated heterocycles. The van der Waals surface area contributed by atoms with E-state index in [1.807, 2.05) is 6.07 Å². The highest BCUT2D eigenvalue weighted by molar-refractivity contribution is 6.12. The Morgan fingerprint density at radius 2 is 1.79 bits per heavy atom. The Hall–Kier alpha value is -2.89. The molecule has 24 heavy (non-hydrogen) atoms. The molecule has 0 saturated carbocycles. The summed E-state index contributed by atoms with van der Waals surface area (Å²) in [6.45, 7) is 6.49. The van der Waals surface area contributed by atoms with Crippen molar-refractivity contribution in [1.29, 1.82) is 0 Å². The van der Waals surface area contributed by atoms with Crippen LogP contribution in [0.5, 0.6) is 0 Å². The third-order valence-corrected chi connectivity index (χ3v) is 3.53. The maximum atomic E-state index is 12.4. The second-order valence-electron chi connectivity index (χ2n) is 5.28. The zero-order chi connectivity index (χ0) is 17.9. The van der Waals surface area contributed by atoms with Crippen LogP contribution in [-0.2, 0) is 4.74 Å². The normalized spacial score (nSPS) is 10.3. The Labute approximate surface area is 139 Å². The summed E-state index contributed by atoms with van der Waals surface area (Å²) in [4.78, 5) is 36.5. The van der Waals surface area contributed by atoms with Crippen LogP contribution in [0.3, 0.4) is 0 Å². The van der Waals surface area contributed by atoms with Crippen LogP contribution in [0.25, 0.3) is 0 Å². The molecule has 0 spiro atoms. The number of Topliss-reactive ketones (excluding diaryl/α,β-unsaturated/α-hetero) is 1. The van der Waals surface area contributed by atoms with Crippen molar-refractivity contribution in [2.45, 2.75) is 27.7 Å². The number of ketones is 1. The van der Waals surface area contributed by atoms with Gasteiger partial charge in [0.15, 0.2) is 5.78 Å². The minimum absolute atomic E-state index is 0.0521. The molecule has 1 heterocycles.